The van der Waals surface area contributed by atoms with Gasteiger partial charge < -0.3 is 4.74 Å². The number of halogens is 1. The molecule has 0 saturated heterocycles. The van der Waals surface area contributed by atoms with Gasteiger partial charge in [0.2, 0.25) is 0 Å². The molecule has 1 aliphatic carbocycles. The molecule has 2 unspecified atom stereocenters. The van der Waals surface area contributed by atoms with Crippen LogP contribution in [0.4, 0.5) is 0 Å². The van der Waals surface area contributed by atoms with Gasteiger partial charge in [0, 0.05) is 7.11 Å². The van der Waals surface area contributed by atoms with Crippen LogP contribution in [0, 0.1) is 0 Å². The summed E-state index contributed by atoms with van der Waals surface area (Å²) in [6, 6.07) is 8.59. The Bertz CT molecular complexity index is 392. The second-order valence-electron chi connectivity index (χ2n) is 4.60. The minimum Gasteiger partial charge on any atom is -0.381 e. The number of alkyl halides is 1. The highest BCUT2D eigenvalue weighted by molar-refractivity contribution is 6.20. The number of benzene rings is 1. The van der Waals surface area contributed by atoms with Gasteiger partial charge in [-0.3, -0.25) is 0 Å². The predicted octanol–water partition coefficient (Wildman–Crippen LogP) is 4.57. The molecule has 92 valence electrons. The van der Waals surface area contributed by atoms with Crippen molar-refractivity contribution < 1.29 is 4.74 Å². The smallest absolute Gasteiger partial charge is 0.0609 e. The van der Waals surface area contributed by atoms with Crippen LogP contribution in [0.1, 0.15) is 42.7 Å². The SMILES string of the molecule is COC1CC=C(c2ccc(C(C)Cl)cc2)CC1. The fourth-order valence-electron chi connectivity index (χ4n) is 2.25. The van der Waals surface area contributed by atoms with Crippen LogP contribution in [0.25, 0.3) is 5.57 Å². The zero-order valence-electron chi connectivity index (χ0n) is 10.4. The molecule has 0 amide bonds. The second kappa shape index (κ2) is 5.70. The largest absolute Gasteiger partial charge is 0.381 e. The first-order valence-electron chi connectivity index (χ1n) is 6.17. The predicted molar refractivity (Wildman–Crippen MR) is 73.3 cm³/mol. The summed E-state index contributed by atoms with van der Waals surface area (Å²) >= 11 is 6.05. The molecule has 0 aliphatic heterocycles. The topological polar surface area (TPSA) is 9.23 Å². The Labute approximate surface area is 108 Å². The monoisotopic (exact) mass is 250 g/mol. The van der Waals surface area contributed by atoms with Gasteiger partial charge in [-0.15, -0.1) is 11.6 Å². The van der Waals surface area contributed by atoms with E-state index < -0.39 is 0 Å². The lowest BCUT2D eigenvalue weighted by Gasteiger charge is -2.21. The number of ether oxygens (including phenoxy) is 1. The van der Waals surface area contributed by atoms with Gasteiger partial charge in [-0.1, -0.05) is 30.3 Å². The quantitative estimate of drug-likeness (QED) is 0.714. The fourth-order valence-corrected chi connectivity index (χ4v) is 2.39. The fraction of sp³-hybridized carbons (Fsp3) is 0.467. The van der Waals surface area contributed by atoms with Crippen molar-refractivity contribution in [3.63, 3.8) is 0 Å². The van der Waals surface area contributed by atoms with Gasteiger partial charge in [0.1, 0.15) is 0 Å². The number of methoxy groups -OCH3 is 1. The molecular weight excluding hydrogens is 232 g/mol. The van der Waals surface area contributed by atoms with Crippen molar-refractivity contribution in [2.75, 3.05) is 7.11 Å². The molecule has 0 spiro atoms. The molecule has 0 radical (unpaired) electrons. The van der Waals surface area contributed by atoms with Gasteiger partial charge in [-0.05, 0) is 42.9 Å². The van der Waals surface area contributed by atoms with Crippen molar-refractivity contribution in [2.45, 2.75) is 37.7 Å². The van der Waals surface area contributed by atoms with Crippen molar-refractivity contribution in [1.82, 2.24) is 0 Å². The molecule has 0 fully saturated rings. The van der Waals surface area contributed by atoms with Crippen LogP contribution < -0.4 is 0 Å². The van der Waals surface area contributed by atoms with E-state index in [-0.39, 0.29) is 5.38 Å². The van der Waals surface area contributed by atoms with Crippen LogP contribution in [0.5, 0.6) is 0 Å². The van der Waals surface area contributed by atoms with E-state index in [4.69, 9.17) is 16.3 Å². The van der Waals surface area contributed by atoms with Crippen LogP contribution in [0.2, 0.25) is 0 Å². The van der Waals surface area contributed by atoms with E-state index in [1.54, 1.807) is 7.11 Å². The van der Waals surface area contributed by atoms with Crippen molar-refractivity contribution in [1.29, 1.82) is 0 Å². The van der Waals surface area contributed by atoms with Crippen LogP contribution in [0.15, 0.2) is 30.3 Å². The molecule has 0 saturated carbocycles. The maximum Gasteiger partial charge on any atom is 0.0609 e. The third-order valence-electron chi connectivity index (χ3n) is 3.44. The summed E-state index contributed by atoms with van der Waals surface area (Å²) in [6.45, 7) is 2.00. The Kier molecular flexibility index (Phi) is 4.25. The molecule has 0 bridgehead atoms. The lowest BCUT2D eigenvalue weighted by atomic mass is 9.91. The molecule has 0 aromatic heterocycles. The Hall–Kier alpha value is -0.790. The minimum absolute atomic E-state index is 0.0854. The first-order chi connectivity index (χ1) is 8.20. The number of rotatable bonds is 3. The van der Waals surface area contributed by atoms with Crippen LogP contribution in [0.3, 0.4) is 0 Å². The number of allylic oxidation sites excluding steroid dienone is 1. The summed E-state index contributed by atoms with van der Waals surface area (Å²) in [5.74, 6) is 0. The van der Waals surface area contributed by atoms with Gasteiger partial charge in [0.25, 0.3) is 0 Å². The molecule has 1 aromatic rings. The van der Waals surface area contributed by atoms with Crippen molar-refractivity contribution in [2.24, 2.45) is 0 Å². The Morgan fingerprint density at radius 1 is 1.29 bits per heavy atom. The summed E-state index contributed by atoms with van der Waals surface area (Å²) in [5, 5.41) is 0.0854. The average Bonchev–Trinajstić information content (AvgIpc) is 2.39. The van der Waals surface area contributed by atoms with E-state index in [0.717, 1.165) is 19.3 Å². The lowest BCUT2D eigenvalue weighted by molar-refractivity contribution is 0.0964. The molecule has 2 heteroatoms. The minimum atomic E-state index is 0.0854. The number of hydrogen-bond donors (Lipinski definition) is 0. The summed E-state index contributed by atoms with van der Waals surface area (Å²) in [4.78, 5) is 0. The van der Waals surface area contributed by atoms with Gasteiger partial charge in [0.15, 0.2) is 0 Å². The molecule has 1 aromatic carbocycles. The van der Waals surface area contributed by atoms with E-state index >= 15 is 0 Å². The third kappa shape index (κ3) is 3.11. The van der Waals surface area contributed by atoms with E-state index in [2.05, 4.69) is 30.3 Å². The van der Waals surface area contributed by atoms with Gasteiger partial charge in [-0.2, -0.15) is 0 Å². The molecule has 1 nitrogen and oxygen atoms in total. The summed E-state index contributed by atoms with van der Waals surface area (Å²) < 4.78 is 5.36. The maximum atomic E-state index is 6.05. The second-order valence-corrected chi connectivity index (χ2v) is 5.25. The van der Waals surface area contributed by atoms with E-state index in [1.807, 2.05) is 6.92 Å². The third-order valence-corrected chi connectivity index (χ3v) is 3.69. The lowest BCUT2D eigenvalue weighted by Crippen LogP contribution is -2.13. The van der Waals surface area contributed by atoms with E-state index in [1.165, 1.54) is 16.7 Å². The zero-order valence-corrected chi connectivity index (χ0v) is 11.2. The van der Waals surface area contributed by atoms with E-state index in [9.17, 15) is 0 Å². The van der Waals surface area contributed by atoms with E-state index in [0.29, 0.717) is 6.10 Å². The molecular formula is C15H19ClO. The first kappa shape index (κ1) is 12.7. The summed E-state index contributed by atoms with van der Waals surface area (Å²) in [5.41, 5.74) is 3.94. The van der Waals surface area contributed by atoms with Gasteiger partial charge in [0.05, 0.1) is 11.5 Å². The number of hydrogen-bond acceptors (Lipinski definition) is 1. The summed E-state index contributed by atoms with van der Waals surface area (Å²) in [6.07, 6.45) is 5.96. The molecule has 2 atom stereocenters. The molecule has 0 heterocycles. The normalized spacial score (nSPS) is 22.1. The Morgan fingerprint density at radius 2 is 2.00 bits per heavy atom. The van der Waals surface area contributed by atoms with Gasteiger partial charge in [-0.25, -0.2) is 0 Å². The molecule has 17 heavy (non-hydrogen) atoms. The van der Waals surface area contributed by atoms with Crippen molar-refractivity contribution in [3.05, 3.63) is 41.5 Å². The zero-order chi connectivity index (χ0) is 12.3. The standard InChI is InChI=1S/C15H19ClO/c1-11(16)12-3-5-13(6-4-12)14-7-9-15(17-2)10-8-14/h3-7,11,15H,8-10H2,1-2H3. The van der Waals surface area contributed by atoms with Crippen molar-refractivity contribution >= 4 is 17.2 Å². The Balaban J connectivity index is 2.10. The molecule has 2 rings (SSSR count). The van der Waals surface area contributed by atoms with Crippen LogP contribution in [-0.2, 0) is 4.74 Å². The molecule has 1 aliphatic rings. The highest BCUT2D eigenvalue weighted by Gasteiger charge is 2.14. The van der Waals surface area contributed by atoms with Crippen LogP contribution >= 0.6 is 11.6 Å². The summed E-state index contributed by atoms with van der Waals surface area (Å²) in [7, 11) is 1.79. The maximum absolute atomic E-state index is 6.05. The first-order valence-corrected chi connectivity index (χ1v) is 6.60. The highest BCUT2D eigenvalue weighted by atomic mass is 35.5. The average molecular weight is 251 g/mol. The Morgan fingerprint density at radius 3 is 2.47 bits per heavy atom. The van der Waals surface area contributed by atoms with Crippen molar-refractivity contribution in [3.8, 4) is 0 Å². The highest BCUT2D eigenvalue weighted by Crippen LogP contribution is 2.29. The van der Waals surface area contributed by atoms with Crippen LogP contribution in [-0.4, -0.2) is 13.2 Å². The van der Waals surface area contributed by atoms with Gasteiger partial charge >= 0.3 is 0 Å². The molecule has 0 N–H and O–H groups in total.